The lowest BCUT2D eigenvalue weighted by atomic mass is 9.98. The van der Waals surface area contributed by atoms with Crippen LogP contribution < -0.4 is 4.74 Å². The van der Waals surface area contributed by atoms with Gasteiger partial charge < -0.3 is 9.64 Å². The van der Waals surface area contributed by atoms with Crippen LogP contribution >= 0.6 is 0 Å². The van der Waals surface area contributed by atoms with Crippen LogP contribution in [0.1, 0.15) is 40.9 Å². The lowest BCUT2D eigenvalue weighted by Crippen LogP contribution is -2.40. The van der Waals surface area contributed by atoms with Crippen LogP contribution in [0, 0.1) is 6.92 Å². The summed E-state index contributed by atoms with van der Waals surface area (Å²) < 4.78 is 44.2. The van der Waals surface area contributed by atoms with Gasteiger partial charge in [-0.15, -0.1) is 4.80 Å². The maximum atomic E-state index is 13.5. The number of ether oxygens (including phenoxy) is 1. The highest BCUT2D eigenvalue weighted by atomic mass is 19.4. The first kappa shape index (κ1) is 20.4. The summed E-state index contributed by atoms with van der Waals surface area (Å²) in [5, 5.41) is 8.26. The Hall–Kier alpha value is -3.50. The Balaban J connectivity index is 1.37. The Kier molecular flexibility index (Phi) is 4.83. The Morgan fingerprint density at radius 2 is 1.91 bits per heavy atom. The fraction of sp³-hybridized carbons (Fsp3) is 0.381. The third kappa shape index (κ3) is 3.57. The van der Waals surface area contributed by atoms with Crippen molar-refractivity contribution in [1.82, 2.24) is 29.9 Å². The molecule has 5 heterocycles. The van der Waals surface area contributed by atoms with E-state index < -0.39 is 11.7 Å². The molecule has 1 amide bonds. The number of nitrogens with zero attached hydrogens (tertiary/aromatic N) is 6. The maximum absolute atomic E-state index is 13.5. The summed E-state index contributed by atoms with van der Waals surface area (Å²) in [5.74, 6) is -0.130. The summed E-state index contributed by atoms with van der Waals surface area (Å²) in [6.45, 7) is 1.87. The van der Waals surface area contributed by atoms with E-state index in [1.165, 1.54) is 23.3 Å². The minimum absolute atomic E-state index is 0.0338. The van der Waals surface area contributed by atoms with E-state index in [1.807, 2.05) is 6.92 Å². The van der Waals surface area contributed by atoms with Crippen LogP contribution in [-0.4, -0.2) is 54.0 Å². The molecule has 8 nitrogen and oxygen atoms in total. The molecule has 0 aromatic carbocycles. The van der Waals surface area contributed by atoms with Crippen LogP contribution in [0.5, 0.6) is 5.88 Å². The number of fused-ring (bicyclic) bond motifs is 2. The molecule has 11 heteroatoms. The SMILES string of the molecule is Cc1cnc(C(=O)N2[C@@H]3CC[C@H]2[C@H](Oc2ccc(C(F)(F)F)cn2)C3)c(-n2nccn2)c1. The predicted molar refractivity (Wildman–Crippen MR) is 105 cm³/mol. The van der Waals surface area contributed by atoms with E-state index in [2.05, 4.69) is 20.2 Å². The van der Waals surface area contributed by atoms with E-state index in [0.29, 0.717) is 12.1 Å². The first-order chi connectivity index (χ1) is 15.3. The van der Waals surface area contributed by atoms with Crippen molar-refractivity contribution in [2.24, 2.45) is 0 Å². The summed E-state index contributed by atoms with van der Waals surface area (Å²) in [6.07, 6.45) is 2.78. The molecule has 166 valence electrons. The molecule has 3 atom stereocenters. The molecule has 3 aromatic rings. The van der Waals surface area contributed by atoms with Crippen molar-refractivity contribution in [3.05, 3.63) is 59.8 Å². The number of aromatic nitrogens is 5. The maximum Gasteiger partial charge on any atom is 0.417 e. The molecule has 2 aliphatic rings. The van der Waals surface area contributed by atoms with E-state index in [1.54, 1.807) is 17.2 Å². The second-order valence-electron chi connectivity index (χ2n) is 7.98. The molecule has 0 N–H and O–H groups in total. The Morgan fingerprint density at radius 1 is 1.12 bits per heavy atom. The molecule has 0 saturated carbocycles. The topological polar surface area (TPSA) is 86.0 Å². The molecule has 5 rings (SSSR count). The van der Waals surface area contributed by atoms with Crippen LogP contribution in [0.3, 0.4) is 0 Å². The second-order valence-corrected chi connectivity index (χ2v) is 7.98. The van der Waals surface area contributed by atoms with Crippen molar-refractivity contribution in [2.75, 3.05) is 0 Å². The van der Waals surface area contributed by atoms with Gasteiger partial charge in [-0.05, 0) is 37.5 Å². The minimum atomic E-state index is -4.46. The molecule has 0 unspecified atom stereocenters. The van der Waals surface area contributed by atoms with Gasteiger partial charge in [0.05, 0.1) is 24.0 Å². The first-order valence-corrected chi connectivity index (χ1v) is 10.2. The number of pyridine rings is 2. The van der Waals surface area contributed by atoms with Gasteiger partial charge in [0.15, 0.2) is 5.69 Å². The zero-order chi connectivity index (χ0) is 22.5. The zero-order valence-electron chi connectivity index (χ0n) is 17.0. The molecular weight excluding hydrogens is 425 g/mol. The summed E-state index contributed by atoms with van der Waals surface area (Å²) in [6, 6.07) is 3.71. The zero-order valence-corrected chi connectivity index (χ0v) is 17.0. The fourth-order valence-corrected chi connectivity index (χ4v) is 4.48. The molecule has 2 saturated heterocycles. The summed E-state index contributed by atoms with van der Waals surface area (Å²) >= 11 is 0. The highest BCUT2D eigenvalue weighted by molar-refractivity contribution is 5.96. The molecule has 2 fully saturated rings. The lowest BCUT2D eigenvalue weighted by molar-refractivity contribution is -0.137. The van der Waals surface area contributed by atoms with Gasteiger partial charge in [-0.25, -0.2) is 9.97 Å². The monoisotopic (exact) mass is 444 g/mol. The van der Waals surface area contributed by atoms with Crippen LogP contribution in [0.2, 0.25) is 0 Å². The normalized spacial score (nSPS) is 22.4. The third-order valence-corrected chi connectivity index (χ3v) is 5.89. The van der Waals surface area contributed by atoms with E-state index in [-0.39, 0.29) is 35.7 Å². The number of alkyl halides is 3. The quantitative estimate of drug-likeness (QED) is 0.614. The molecule has 2 bridgehead atoms. The number of aryl methyl sites for hydroxylation is 1. The Labute approximate surface area is 181 Å². The molecule has 0 aliphatic carbocycles. The average Bonchev–Trinajstić information content (AvgIpc) is 3.49. The van der Waals surface area contributed by atoms with Gasteiger partial charge in [0.25, 0.3) is 5.91 Å². The first-order valence-electron chi connectivity index (χ1n) is 10.2. The van der Waals surface area contributed by atoms with Gasteiger partial charge in [0.2, 0.25) is 5.88 Å². The number of halogens is 3. The number of rotatable bonds is 4. The highest BCUT2D eigenvalue weighted by Crippen LogP contribution is 2.41. The minimum Gasteiger partial charge on any atom is -0.472 e. The number of carbonyl (C=O) groups excluding carboxylic acids is 1. The standard InChI is InChI=1S/C21H19F3N6O2/c1-12-8-16(30-27-6-7-28-30)19(26-10-12)20(31)29-14-3-4-15(29)17(9-14)32-18-5-2-13(11-25-18)21(22,23)24/h2,5-8,10-11,14-15,17H,3-4,9H2,1H3/t14-,15+,17-/m1/s1. The van der Waals surface area contributed by atoms with E-state index in [0.717, 1.165) is 30.7 Å². The van der Waals surface area contributed by atoms with Crippen LogP contribution in [-0.2, 0) is 6.18 Å². The number of hydrogen-bond acceptors (Lipinski definition) is 6. The third-order valence-electron chi connectivity index (χ3n) is 5.89. The van der Waals surface area contributed by atoms with E-state index >= 15 is 0 Å². The van der Waals surface area contributed by atoms with Crippen molar-refractivity contribution in [2.45, 2.75) is 50.6 Å². The number of hydrogen-bond donors (Lipinski definition) is 0. The van der Waals surface area contributed by atoms with Crippen molar-refractivity contribution in [1.29, 1.82) is 0 Å². The molecular formula is C21H19F3N6O2. The second kappa shape index (κ2) is 7.57. The summed E-state index contributed by atoms with van der Waals surface area (Å²) in [4.78, 5) is 24.8. The number of carbonyl (C=O) groups is 1. The molecule has 0 radical (unpaired) electrons. The molecule has 2 aliphatic heterocycles. The summed E-state index contributed by atoms with van der Waals surface area (Å²) in [7, 11) is 0. The molecule has 32 heavy (non-hydrogen) atoms. The van der Waals surface area contributed by atoms with Gasteiger partial charge in [-0.1, -0.05) is 0 Å². The fourth-order valence-electron chi connectivity index (χ4n) is 4.48. The Morgan fingerprint density at radius 3 is 2.59 bits per heavy atom. The van der Waals surface area contributed by atoms with Crippen molar-refractivity contribution in [3.8, 4) is 11.6 Å². The smallest absolute Gasteiger partial charge is 0.417 e. The number of amides is 1. The average molecular weight is 444 g/mol. The van der Waals surface area contributed by atoms with E-state index in [9.17, 15) is 18.0 Å². The van der Waals surface area contributed by atoms with Gasteiger partial charge in [-0.3, -0.25) is 4.79 Å². The van der Waals surface area contributed by atoms with Gasteiger partial charge in [-0.2, -0.15) is 23.4 Å². The lowest BCUT2D eigenvalue weighted by Gasteiger charge is -2.25. The van der Waals surface area contributed by atoms with E-state index in [4.69, 9.17) is 4.74 Å². The van der Waals surface area contributed by atoms with Crippen molar-refractivity contribution >= 4 is 5.91 Å². The molecule has 0 spiro atoms. The van der Waals surface area contributed by atoms with Crippen LogP contribution in [0.25, 0.3) is 5.69 Å². The van der Waals surface area contributed by atoms with Gasteiger partial charge >= 0.3 is 6.18 Å². The van der Waals surface area contributed by atoms with Gasteiger partial charge in [0, 0.05) is 30.9 Å². The highest BCUT2D eigenvalue weighted by Gasteiger charge is 2.50. The van der Waals surface area contributed by atoms with Crippen molar-refractivity contribution in [3.63, 3.8) is 0 Å². The predicted octanol–water partition coefficient (Wildman–Crippen LogP) is 3.21. The molecule has 3 aromatic heterocycles. The van der Waals surface area contributed by atoms with Gasteiger partial charge in [0.1, 0.15) is 11.8 Å². The largest absolute Gasteiger partial charge is 0.472 e. The van der Waals surface area contributed by atoms with Crippen LogP contribution in [0.4, 0.5) is 13.2 Å². The summed E-state index contributed by atoms with van der Waals surface area (Å²) in [5.41, 5.74) is 0.776. The van der Waals surface area contributed by atoms with Crippen molar-refractivity contribution < 1.29 is 22.7 Å². The van der Waals surface area contributed by atoms with Crippen LogP contribution in [0.15, 0.2) is 43.0 Å². The Bertz CT molecular complexity index is 1130.